The molecule has 0 saturated heterocycles. The summed E-state index contributed by atoms with van der Waals surface area (Å²) >= 11 is 0. The Hall–Kier alpha value is -3.02. The average molecular weight is 340 g/mol. The maximum atomic E-state index is 10.8. The number of primary amides is 1. The van der Waals surface area contributed by atoms with Gasteiger partial charge in [0.1, 0.15) is 5.75 Å². The molecule has 6 nitrogen and oxygen atoms in total. The van der Waals surface area contributed by atoms with Gasteiger partial charge in [-0.2, -0.15) is 0 Å². The lowest BCUT2D eigenvalue weighted by molar-refractivity contribution is -0.119. The number of carbonyl (C=O) groups excluding carboxylic acids is 1. The van der Waals surface area contributed by atoms with Crippen molar-refractivity contribution >= 4 is 11.9 Å². The van der Waals surface area contributed by atoms with Crippen LogP contribution >= 0.6 is 0 Å². The zero-order valence-corrected chi connectivity index (χ0v) is 14.5. The number of nitrogens with one attached hydrogen (secondary N) is 2. The van der Waals surface area contributed by atoms with Gasteiger partial charge in [0.25, 0.3) is 5.91 Å². The molecule has 132 valence electrons. The minimum absolute atomic E-state index is 0.130. The topological polar surface area (TPSA) is 88.7 Å². The Morgan fingerprint density at radius 3 is 2.64 bits per heavy atom. The molecule has 4 N–H and O–H groups in total. The molecule has 0 fully saturated rings. The highest BCUT2D eigenvalue weighted by molar-refractivity contribution is 5.80. The third kappa shape index (κ3) is 6.18. The number of hydrogen-bond donors (Lipinski definition) is 3. The highest BCUT2D eigenvalue weighted by Crippen LogP contribution is 2.13. The van der Waals surface area contributed by atoms with Gasteiger partial charge in [0.05, 0.1) is 6.04 Å². The van der Waals surface area contributed by atoms with Crippen molar-refractivity contribution in [3.63, 3.8) is 0 Å². The lowest BCUT2D eigenvalue weighted by atomic mass is 10.1. The number of carbonyl (C=O) groups is 1. The molecule has 2 aromatic carbocycles. The molecule has 0 aliphatic carbocycles. The van der Waals surface area contributed by atoms with E-state index in [1.165, 1.54) is 5.56 Å². The monoisotopic (exact) mass is 340 g/mol. The third-order valence-corrected chi connectivity index (χ3v) is 3.62. The molecule has 0 aromatic heterocycles. The van der Waals surface area contributed by atoms with Crippen molar-refractivity contribution in [2.75, 3.05) is 13.7 Å². The predicted molar refractivity (Wildman–Crippen MR) is 99.3 cm³/mol. The van der Waals surface area contributed by atoms with E-state index in [9.17, 15) is 4.79 Å². The van der Waals surface area contributed by atoms with Gasteiger partial charge in [-0.15, -0.1) is 0 Å². The van der Waals surface area contributed by atoms with E-state index in [4.69, 9.17) is 10.5 Å². The van der Waals surface area contributed by atoms with Gasteiger partial charge in [-0.25, -0.2) is 0 Å². The summed E-state index contributed by atoms with van der Waals surface area (Å²) in [5.41, 5.74) is 7.29. The molecule has 0 aliphatic rings. The van der Waals surface area contributed by atoms with E-state index in [-0.39, 0.29) is 12.6 Å². The van der Waals surface area contributed by atoms with Gasteiger partial charge in [-0.05, 0) is 30.2 Å². The molecule has 0 saturated carbocycles. The Balaban J connectivity index is 1.90. The second-order valence-electron chi connectivity index (χ2n) is 5.60. The summed E-state index contributed by atoms with van der Waals surface area (Å²) in [7, 11) is 1.74. The lowest BCUT2D eigenvalue weighted by Gasteiger charge is -2.18. The normalized spacial score (nSPS) is 12.3. The van der Waals surface area contributed by atoms with Gasteiger partial charge in [0.2, 0.25) is 0 Å². The maximum absolute atomic E-state index is 10.8. The number of rotatable bonds is 7. The van der Waals surface area contributed by atoms with Crippen LogP contribution in [0.25, 0.3) is 0 Å². The first-order valence-electron chi connectivity index (χ1n) is 8.10. The van der Waals surface area contributed by atoms with E-state index >= 15 is 0 Å². The quantitative estimate of drug-likeness (QED) is 0.531. The Kier molecular flexibility index (Phi) is 6.83. The van der Waals surface area contributed by atoms with Gasteiger partial charge in [0.15, 0.2) is 12.6 Å². The van der Waals surface area contributed by atoms with Crippen LogP contribution in [0.2, 0.25) is 0 Å². The van der Waals surface area contributed by atoms with E-state index in [0.717, 1.165) is 5.56 Å². The Morgan fingerprint density at radius 2 is 1.96 bits per heavy atom. The number of guanidine groups is 1. The maximum Gasteiger partial charge on any atom is 0.255 e. The van der Waals surface area contributed by atoms with Gasteiger partial charge in [-0.1, -0.05) is 42.5 Å². The minimum Gasteiger partial charge on any atom is -0.484 e. The SMILES string of the molecule is CN=C(NCc1cccc(OCC(N)=O)c1)NC(C)c1ccccc1. The molecule has 1 unspecified atom stereocenters. The van der Waals surface area contributed by atoms with Crippen molar-refractivity contribution < 1.29 is 9.53 Å². The van der Waals surface area contributed by atoms with Crippen LogP contribution in [0, 0.1) is 0 Å². The van der Waals surface area contributed by atoms with Crippen LogP contribution in [-0.2, 0) is 11.3 Å². The smallest absolute Gasteiger partial charge is 0.255 e. The molecular weight excluding hydrogens is 316 g/mol. The summed E-state index contributed by atoms with van der Waals surface area (Å²) < 4.78 is 5.32. The van der Waals surface area contributed by atoms with Crippen LogP contribution in [0.1, 0.15) is 24.1 Å². The lowest BCUT2D eigenvalue weighted by Crippen LogP contribution is -2.38. The Labute approximate surface area is 148 Å². The Bertz CT molecular complexity index is 716. The number of nitrogens with two attached hydrogens (primary N) is 1. The average Bonchev–Trinajstić information content (AvgIpc) is 2.64. The number of nitrogens with zero attached hydrogens (tertiary/aromatic N) is 1. The molecule has 6 heteroatoms. The fraction of sp³-hybridized carbons (Fsp3) is 0.263. The molecule has 2 aromatic rings. The van der Waals surface area contributed by atoms with Gasteiger partial charge < -0.3 is 21.1 Å². The molecule has 25 heavy (non-hydrogen) atoms. The van der Waals surface area contributed by atoms with Gasteiger partial charge >= 0.3 is 0 Å². The number of aliphatic imine (C=N–C) groups is 1. The summed E-state index contributed by atoms with van der Waals surface area (Å²) in [5.74, 6) is 0.821. The summed E-state index contributed by atoms with van der Waals surface area (Å²) in [6, 6.07) is 17.8. The van der Waals surface area contributed by atoms with Crippen molar-refractivity contribution in [3.05, 3.63) is 65.7 Å². The Morgan fingerprint density at radius 1 is 1.20 bits per heavy atom. The molecular formula is C19H24N4O2. The standard InChI is InChI=1S/C19H24N4O2/c1-14(16-8-4-3-5-9-16)23-19(21-2)22-12-15-7-6-10-17(11-15)25-13-18(20)24/h3-11,14H,12-13H2,1-2H3,(H2,20,24)(H2,21,22,23). The van der Waals surface area contributed by atoms with Crippen molar-refractivity contribution in [1.29, 1.82) is 0 Å². The summed E-state index contributed by atoms with van der Waals surface area (Å²) in [6.45, 7) is 2.53. The molecule has 1 atom stereocenters. The third-order valence-electron chi connectivity index (χ3n) is 3.62. The van der Waals surface area contributed by atoms with Crippen molar-refractivity contribution in [2.45, 2.75) is 19.5 Å². The summed E-state index contributed by atoms with van der Waals surface area (Å²) in [4.78, 5) is 15.0. The molecule has 1 amide bonds. The second kappa shape index (κ2) is 9.32. The number of ether oxygens (including phenoxy) is 1. The number of benzene rings is 2. The van der Waals surface area contributed by atoms with E-state index in [1.807, 2.05) is 36.4 Å². The molecule has 0 heterocycles. The molecule has 0 bridgehead atoms. The summed E-state index contributed by atoms with van der Waals surface area (Å²) in [6.07, 6.45) is 0. The first-order chi connectivity index (χ1) is 12.1. The zero-order valence-electron chi connectivity index (χ0n) is 14.5. The van der Waals surface area contributed by atoms with Crippen LogP contribution < -0.4 is 21.1 Å². The van der Waals surface area contributed by atoms with E-state index < -0.39 is 5.91 Å². The fourth-order valence-electron chi connectivity index (χ4n) is 2.31. The molecule has 0 aliphatic heterocycles. The molecule has 0 radical (unpaired) electrons. The zero-order chi connectivity index (χ0) is 18.1. The molecule has 0 spiro atoms. The van der Waals surface area contributed by atoms with E-state index in [1.54, 1.807) is 13.1 Å². The van der Waals surface area contributed by atoms with Crippen molar-refractivity contribution in [3.8, 4) is 5.75 Å². The van der Waals surface area contributed by atoms with E-state index in [0.29, 0.717) is 18.3 Å². The molecule has 2 rings (SSSR count). The van der Waals surface area contributed by atoms with Crippen molar-refractivity contribution in [1.82, 2.24) is 10.6 Å². The van der Waals surface area contributed by atoms with Gasteiger partial charge in [0, 0.05) is 13.6 Å². The first-order valence-corrected chi connectivity index (χ1v) is 8.10. The predicted octanol–water partition coefficient (Wildman–Crippen LogP) is 1.98. The number of hydrogen-bond acceptors (Lipinski definition) is 3. The van der Waals surface area contributed by atoms with Gasteiger partial charge in [-0.3, -0.25) is 9.79 Å². The van der Waals surface area contributed by atoms with Crippen LogP contribution in [0.3, 0.4) is 0 Å². The van der Waals surface area contributed by atoms with Crippen LogP contribution in [-0.4, -0.2) is 25.5 Å². The number of amides is 1. The fourth-order valence-corrected chi connectivity index (χ4v) is 2.31. The summed E-state index contributed by atoms with van der Waals surface area (Å²) in [5, 5.41) is 6.62. The van der Waals surface area contributed by atoms with E-state index in [2.05, 4.69) is 34.7 Å². The highest BCUT2D eigenvalue weighted by Gasteiger charge is 2.07. The van der Waals surface area contributed by atoms with Crippen LogP contribution in [0.5, 0.6) is 5.75 Å². The highest BCUT2D eigenvalue weighted by atomic mass is 16.5. The minimum atomic E-state index is -0.497. The second-order valence-corrected chi connectivity index (χ2v) is 5.60. The largest absolute Gasteiger partial charge is 0.484 e. The van der Waals surface area contributed by atoms with Crippen molar-refractivity contribution in [2.24, 2.45) is 10.7 Å². The van der Waals surface area contributed by atoms with Crippen LogP contribution in [0.15, 0.2) is 59.6 Å². The first kappa shape index (κ1) is 18.3. The van der Waals surface area contributed by atoms with Crippen LogP contribution in [0.4, 0.5) is 0 Å².